The normalized spacial score (nSPS) is 19.4. The van der Waals surface area contributed by atoms with Crippen molar-refractivity contribution >= 4 is 17.7 Å². The van der Waals surface area contributed by atoms with Crippen molar-refractivity contribution in [3.63, 3.8) is 0 Å². The third-order valence-electron chi connectivity index (χ3n) is 6.12. The third-order valence-corrected chi connectivity index (χ3v) is 6.12. The summed E-state index contributed by atoms with van der Waals surface area (Å²) in [7, 11) is 1.57. The smallest absolute Gasteiger partial charge is 0.233 e. The number of fused-ring (bicyclic) bond motifs is 1. The predicted molar refractivity (Wildman–Crippen MR) is 122 cm³/mol. The average molecular weight is 449 g/mol. The van der Waals surface area contributed by atoms with Crippen molar-refractivity contribution in [1.29, 1.82) is 0 Å². The summed E-state index contributed by atoms with van der Waals surface area (Å²) in [6, 6.07) is 15.4. The van der Waals surface area contributed by atoms with Gasteiger partial charge in [0.1, 0.15) is 6.61 Å². The van der Waals surface area contributed by atoms with Gasteiger partial charge in [-0.1, -0.05) is 48.6 Å². The Kier molecular flexibility index (Phi) is 7.07. The first kappa shape index (κ1) is 22.6. The van der Waals surface area contributed by atoms with Crippen LogP contribution >= 0.6 is 0 Å². The lowest BCUT2D eigenvalue weighted by Gasteiger charge is -2.15. The molecule has 33 heavy (non-hydrogen) atoms. The van der Waals surface area contributed by atoms with Gasteiger partial charge in [-0.25, -0.2) is 0 Å². The van der Waals surface area contributed by atoms with Gasteiger partial charge in [0.2, 0.25) is 17.7 Å². The van der Waals surface area contributed by atoms with Gasteiger partial charge in [-0.2, -0.15) is 0 Å². The Morgan fingerprint density at radius 2 is 1.67 bits per heavy atom. The zero-order valence-corrected chi connectivity index (χ0v) is 18.7. The van der Waals surface area contributed by atoms with Crippen molar-refractivity contribution in [3.05, 3.63) is 71.8 Å². The number of methoxy groups -OCH3 is 1. The van der Waals surface area contributed by atoms with Crippen LogP contribution in [0.15, 0.2) is 60.7 Å². The number of benzene rings is 2. The van der Waals surface area contributed by atoms with E-state index in [2.05, 4.69) is 5.32 Å². The van der Waals surface area contributed by atoms with Gasteiger partial charge in [-0.15, -0.1) is 0 Å². The molecule has 2 unspecified atom stereocenters. The molecule has 0 saturated carbocycles. The molecule has 1 aliphatic carbocycles. The summed E-state index contributed by atoms with van der Waals surface area (Å²) < 4.78 is 11.3. The van der Waals surface area contributed by atoms with Crippen molar-refractivity contribution in [2.45, 2.75) is 32.4 Å². The highest BCUT2D eigenvalue weighted by molar-refractivity contribution is 6.05. The molecular formula is C26H28N2O5. The van der Waals surface area contributed by atoms with E-state index in [-0.39, 0.29) is 42.5 Å². The molecule has 0 aromatic heterocycles. The zero-order valence-electron chi connectivity index (χ0n) is 18.7. The number of carbonyl (C=O) groups excluding carboxylic acids is 3. The highest BCUT2D eigenvalue weighted by Gasteiger charge is 2.46. The molecule has 0 bridgehead atoms. The van der Waals surface area contributed by atoms with Crippen LogP contribution in [-0.4, -0.2) is 36.3 Å². The Hall–Kier alpha value is -3.61. The number of allylic oxidation sites excluding steroid dienone is 2. The fraction of sp³-hybridized carbons (Fsp3) is 0.346. The number of hydrogen-bond acceptors (Lipinski definition) is 5. The molecule has 1 fully saturated rings. The first-order valence-electron chi connectivity index (χ1n) is 11.2. The molecule has 2 aromatic carbocycles. The van der Waals surface area contributed by atoms with Gasteiger partial charge in [0, 0.05) is 19.5 Å². The van der Waals surface area contributed by atoms with Crippen LogP contribution in [0.1, 0.15) is 30.4 Å². The van der Waals surface area contributed by atoms with Crippen LogP contribution in [0.4, 0.5) is 0 Å². The maximum Gasteiger partial charge on any atom is 0.233 e. The van der Waals surface area contributed by atoms with Gasteiger partial charge in [-0.05, 0) is 36.1 Å². The molecule has 1 saturated heterocycles. The second-order valence-electron chi connectivity index (χ2n) is 8.27. The minimum atomic E-state index is -0.263. The van der Waals surface area contributed by atoms with E-state index in [1.807, 2.05) is 60.7 Å². The molecular weight excluding hydrogens is 420 g/mol. The number of rotatable bonds is 9. The van der Waals surface area contributed by atoms with Crippen LogP contribution in [0, 0.1) is 11.8 Å². The Balaban J connectivity index is 1.26. The van der Waals surface area contributed by atoms with Gasteiger partial charge in [-0.3, -0.25) is 19.3 Å². The predicted octanol–water partition coefficient (Wildman–Crippen LogP) is 3.23. The quantitative estimate of drug-likeness (QED) is 0.470. The van der Waals surface area contributed by atoms with E-state index < -0.39 is 0 Å². The second-order valence-corrected chi connectivity index (χ2v) is 8.27. The van der Waals surface area contributed by atoms with Crippen molar-refractivity contribution in [3.8, 4) is 11.5 Å². The summed E-state index contributed by atoms with van der Waals surface area (Å²) in [5, 5.41) is 2.85. The summed E-state index contributed by atoms with van der Waals surface area (Å²) in [4.78, 5) is 38.6. The maximum atomic E-state index is 12.5. The minimum absolute atomic E-state index is 0.0831. The number of carbonyl (C=O) groups is 3. The maximum absolute atomic E-state index is 12.5. The Morgan fingerprint density at radius 3 is 2.33 bits per heavy atom. The lowest BCUT2D eigenvalue weighted by atomic mass is 9.85. The lowest BCUT2D eigenvalue weighted by molar-refractivity contribution is -0.140. The van der Waals surface area contributed by atoms with Gasteiger partial charge in [0.05, 0.1) is 18.9 Å². The Bertz CT molecular complexity index is 1020. The van der Waals surface area contributed by atoms with E-state index in [9.17, 15) is 14.4 Å². The molecule has 0 radical (unpaired) electrons. The van der Waals surface area contributed by atoms with Crippen molar-refractivity contribution in [1.82, 2.24) is 10.2 Å². The van der Waals surface area contributed by atoms with E-state index in [0.29, 0.717) is 37.5 Å². The van der Waals surface area contributed by atoms with E-state index in [4.69, 9.17) is 9.47 Å². The number of nitrogens with one attached hydrogen (secondary N) is 1. The van der Waals surface area contributed by atoms with Crippen molar-refractivity contribution in [2.24, 2.45) is 11.8 Å². The van der Waals surface area contributed by atoms with Gasteiger partial charge < -0.3 is 14.8 Å². The topological polar surface area (TPSA) is 84.9 Å². The molecule has 7 nitrogen and oxygen atoms in total. The fourth-order valence-electron chi connectivity index (χ4n) is 4.27. The highest BCUT2D eigenvalue weighted by Crippen LogP contribution is 2.35. The summed E-state index contributed by atoms with van der Waals surface area (Å²) in [6.07, 6.45) is 5.19. The zero-order chi connectivity index (χ0) is 23.2. The standard InChI is InChI=1S/C26H28N2O5/c1-32-23-15-19(11-12-22(23)33-17-18-7-3-2-4-8-18)16-27-24(29)13-14-28-25(30)20-9-5-6-10-21(20)26(28)31/h2-8,11-12,15,20-21H,9-10,13-14,16-17H2,1H3,(H,27,29). The number of nitrogens with zero attached hydrogens (tertiary/aromatic N) is 1. The third kappa shape index (κ3) is 5.25. The van der Waals surface area contributed by atoms with E-state index in [0.717, 1.165) is 11.1 Å². The first-order chi connectivity index (χ1) is 16.1. The SMILES string of the molecule is COc1cc(CNC(=O)CCN2C(=O)C3CC=CCC3C2=O)ccc1OCc1ccccc1. The van der Waals surface area contributed by atoms with Crippen LogP contribution in [0.25, 0.3) is 0 Å². The molecule has 2 aliphatic rings. The Morgan fingerprint density at radius 1 is 0.970 bits per heavy atom. The van der Waals surface area contributed by atoms with Crippen molar-refractivity contribution < 1.29 is 23.9 Å². The molecule has 1 aliphatic heterocycles. The molecule has 1 heterocycles. The van der Waals surface area contributed by atoms with Crippen LogP contribution < -0.4 is 14.8 Å². The number of ether oxygens (including phenoxy) is 2. The summed E-state index contributed by atoms with van der Waals surface area (Å²) >= 11 is 0. The van der Waals surface area contributed by atoms with Gasteiger partial charge >= 0.3 is 0 Å². The molecule has 0 spiro atoms. The van der Waals surface area contributed by atoms with E-state index in [1.54, 1.807) is 7.11 Å². The molecule has 7 heteroatoms. The minimum Gasteiger partial charge on any atom is -0.493 e. The average Bonchev–Trinajstić information content (AvgIpc) is 3.10. The van der Waals surface area contributed by atoms with Crippen LogP contribution in [0.5, 0.6) is 11.5 Å². The summed E-state index contributed by atoms with van der Waals surface area (Å²) in [5.41, 5.74) is 1.92. The summed E-state index contributed by atoms with van der Waals surface area (Å²) in [6.45, 7) is 0.857. The fourth-order valence-corrected chi connectivity index (χ4v) is 4.27. The molecule has 172 valence electrons. The lowest BCUT2D eigenvalue weighted by Crippen LogP contribution is -2.35. The number of likely N-dealkylation sites (tertiary alicyclic amines) is 1. The van der Waals surface area contributed by atoms with E-state index >= 15 is 0 Å². The second kappa shape index (κ2) is 10.3. The van der Waals surface area contributed by atoms with Gasteiger partial charge in [0.15, 0.2) is 11.5 Å². The van der Waals surface area contributed by atoms with Crippen LogP contribution in [0.3, 0.4) is 0 Å². The summed E-state index contributed by atoms with van der Waals surface area (Å²) in [5.74, 6) is 0.157. The molecule has 3 amide bonds. The largest absolute Gasteiger partial charge is 0.493 e. The molecule has 2 atom stereocenters. The number of amides is 3. The first-order valence-corrected chi connectivity index (χ1v) is 11.2. The molecule has 2 aromatic rings. The molecule has 4 rings (SSSR count). The highest BCUT2D eigenvalue weighted by atomic mass is 16.5. The van der Waals surface area contributed by atoms with Crippen LogP contribution in [0.2, 0.25) is 0 Å². The number of hydrogen-bond donors (Lipinski definition) is 1. The van der Waals surface area contributed by atoms with Crippen LogP contribution in [-0.2, 0) is 27.5 Å². The van der Waals surface area contributed by atoms with Crippen molar-refractivity contribution in [2.75, 3.05) is 13.7 Å². The van der Waals surface area contributed by atoms with E-state index in [1.165, 1.54) is 4.90 Å². The number of imide groups is 1. The van der Waals surface area contributed by atoms with Gasteiger partial charge in [0.25, 0.3) is 0 Å². The monoisotopic (exact) mass is 448 g/mol. The molecule has 1 N–H and O–H groups in total. The Labute approximate surface area is 193 Å².